The van der Waals surface area contributed by atoms with Crippen LogP contribution in [0.5, 0.6) is 0 Å². The molecule has 3 aromatic rings. The van der Waals surface area contributed by atoms with E-state index >= 15 is 0 Å². The molecule has 0 saturated heterocycles. The molecule has 0 spiro atoms. The number of rotatable bonds is 6. The van der Waals surface area contributed by atoms with E-state index in [-0.39, 0.29) is 0 Å². The lowest BCUT2D eigenvalue weighted by molar-refractivity contribution is -0.124. The Hall–Kier alpha value is -3.45. The number of nitrogens with zero attached hydrogens (tertiary/aromatic N) is 3. The zero-order chi connectivity index (χ0) is 20.8. The van der Waals surface area contributed by atoms with E-state index in [1.807, 2.05) is 83.5 Å². The average molecular weight is 392 g/mol. The molecular weight excluding hydrogens is 368 g/mol. The lowest BCUT2D eigenvalue weighted by atomic mass is 10.1. The Labute approximate surface area is 169 Å². The van der Waals surface area contributed by atoms with Gasteiger partial charge in [0.05, 0.1) is 24.5 Å². The molecular formula is C22H24N4O3. The fourth-order valence-corrected chi connectivity index (χ4v) is 2.94. The second-order valence-electron chi connectivity index (χ2n) is 6.72. The third-order valence-corrected chi connectivity index (χ3v) is 4.73. The molecule has 7 nitrogen and oxygen atoms in total. The van der Waals surface area contributed by atoms with E-state index in [4.69, 9.17) is 5.10 Å². The number of amides is 2. The number of carbonyl (C=O) groups is 2. The van der Waals surface area contributed by atoms with Crippen molar-refractivity contribution in [2.24, 2.45) is 0 Å². The van der Waals surface area contributed by atoms with Gasteiger partial charge in [-0.15, -0.1) is 0 Å². The van der Waals surface area contributed by atoms with E-state index in [1.54, 1.807) is 6.92 Å². The fraction of sp³-hybridized carbons (Fsp3) is 0.227. The first-order valence-electron chi connectivity index (χ1n) is 9.28. The SMILES string of the molecule is COC(=O)NC(=O)[C@@H](C)N(C)Cc1cn(-c2ccccc2)nc1-c1ccccc1. The maximum Gasteiger partial charge on any atom is 0.413 e. The molecule has 150 valence electrons. The molecule has 1 heterocycles. The standard InChI is InChI=1S/C22H24N4O3/c1-16(21(27)23-22(28)29-3)25(2)14-18-15-26(19-12-8-5-9-13-19)24-20(18)17-10-6-4-7-11-17/h4-13,15-16H,14H2,1-3H3,(H,23,27,28)/t16-/m1/s1. The van der Waals surface area contributed by atoms with Crippen molar-refractivity contribution in [2.45, 2.75) is 19.5 Å². The molecule has 7 heteroatoms. The lowest BCUT2D eigenvalue weighted by Crippen LogP contribution is -2.45. The van der Waals surface area contributed by atoms with Crippen molar-refractivity contribution in [1.29, 1.82) is 0 Å². The van der Waals surface area contributed by atoms with Gasteiger partial charge in [-0.1, -0.05) is 48.5 Å². The highest BCUT2D eigenvalue weighted by molar-refractivity contribution is 5.94. The van der Waals surface area contributed by atoms with Gasteiger partial charge in [0.2, 0.25) is 5.91 Å². The van der Waals surface area contributed by atoms with Crippen LogP contribution in [0.4, 0.5) is 4.79 Å². The minimum atomic E-state index is -0.767. The van der Waals surface area contributed by atoms with Gasteiger partial charge in [-0.2, -0.15) is 5.10 Å². The predicted octanol–water partition coefficient (Wildman–Crippen LogP) is 3.24. The molecule has 1 aromatic heterocycles. The molecule has 0 radical (unpaired) electrons. The molecule has 0 unspecified atom stereocenters. The number of likely N-dealkylation sites (N-methyl/N-ethyl adjacent to an activating group) is 1. The molecule has 0 aliphatic heterocycles. The number of para-hydroxylation sites is 1. The van der Waals surface area contributed by atoms with E-state index < -0.39 is 18.0 Å². The first-order chi connectivity index (χ1) is 14.0. The summed E-state index contributed by atoms with van der Waals surface area (Å²) in [6.07, 6.45) is 1.20. The summed E-state index contributed by atoms with van der Waals surface area (Å²) in [5.41, 5.74) is 3.77. The quantitative estimate of drug-likeness (QED) is 0.697. The normalized spacial score (nSPS) is 11.9. The number of alkyl carbamates (subject to hydrolysis) is 1. The molecule has 1 N–H and O–H groups in total. The predicted molar refractivity (Wildman–Crippen MR) is 110 cm³/mol. The number of hydrogen-bond acceptors (Lipinski definition) is 5. The monoisotopic (exact) mass is 392 g/mol. The maximum atomic E-state index is 12.3. The van der Waals surface area contributed by atoms with Gasteiger partial charge >= 0.3 is 6.09 Å². The lowest BCUT2D eigenvalue weighted by Gasteiger charge is -2.23. The first kappa shape index (κ1) is 20.3. The molecule has 0 fully saturated rings. The highest BCUT2D eigenvalue weighted by atomic mass is 16.5. The first-order valence-corrected chi connectivity index (χ1v) is 9.28. The Morgan fingerprint density at radius 3 is 2.34 bits per heavy atom. The number of nitrogens with one attached hydrogen (secondary N) is 1. The summed E-state index contributed by atoms with van der Waals surface area (Å²) >= 11 is 0. The molecule has 0 bridgehead atoms. The molecule has 29 heavy (non-hydrogen) atoms. The summed E-state index contributed by atoms with van der Waals surface area (Å²) < 4.78 is 6.33. The van der Waals surface area contributed by atoms with Gasteiger partial charge in [0.1, 0.15) is 0 Å². The largest absolute Gasteiger partial charge is 0.453 e. The van der Waals surface area contributed by atoms with Gasteiger partial charge in [0.15, 0.2) is 0 Å². The molecule has 1 atom stereocenters. The Bertz CT molecular complexity index is 970. The van der Waals surface area contributed by atoms with Crippen molar-refractivity contribution in [3.8, 4) is 16.9 Å². The van der Waals surface area contributed by atoms with Crippen LogP contribution >= 0.6 is 0 Å². The molecule has 0 saturated carbocycles. The number of ether oxygens (including phenoxy) is 1. The zero-order valence-corrected chi connectivity index (χ0v) is 16.7. The van der Waals surface area contributed by atoms with Crippen molar-refractivity contribution in [3.63, 3.8) is 0 Å². The summed E-state index contributed by atoms with van der Waals surface area (Å²) in [6, 6.07) is 19.2. The van der Waals surface area contributed by atoms with Gasteiger partial charge in [-0.25, -0.2) is 9.48 Å². The van der Waals surface area contributed by atoms with Gasteiger partial charge in [0.25, 0.3) is 0 Å². The Morgan fingerprint density at radius 1 is 1.10 bits per heavy atom. The van der Waals surface area contributed by atoms with E-state index in [0.29, 0.717) is 6.54 Å². The van der Waals surface area contributed by atoms with Crippen molar-refractivity contribution in [1.82, 2.24) is 20.0 Å². The smallest absolute Gasteiger partial charge is 0.413 e. The fourth-order valence-electron chi connectivity index (χ4n) is 2.94. The molecule has 2 aromatic carbocycles. The van der Waals surface area contributed by atoms with Gasteiger partial charge in [-0.3, -0.25) is 15.0 Å². The van der Waals surface area contributed by atoms with Gasteiger partial charge in [0, 0.05) is 23.9 Å². The van der Waals surface area contributed by atoms with Gasteiger partial charge in [-0.05, 0) is 26.1 Å². The second kappa shape index (κ2) is 9.16. The van der Waals surface area contributed by atoms with Crippen LogP contribution in [0.3, 0.4) is 0 Å². The molecule has 2 amide bonds. The number of benzene rings is 2. The number of carbonyl (C=O) groups excluding carboxylic acids is 2. The Balaban J connectivity index is 1.88. The molecule has 3 rings (SSSR count). The molecule has 0 aliphatic carbocycles. The van der Waals surface area contributed by atoms with Crippen molar-refractivity contribution < 1.29 is 14.3 Å². The van der Waals surface area contributed by atoms with Crippen LogP contribution in [0.2, 0.25) is 0 Å². The van der Waals surface area contributed by atoms with Crippen LogP contribution in [-0.2, 0) is 16.1 Å². The summed E-state index contributed by atoms with van der Waals surface area (Å²) in [5, 5.41) is 7.00. The van der Waals surface area contributed by atoms with E-state index in [2.05, 4.69) is 10.1 Å². The van der Waals surface area contributed by atoms with Crippen LogP contribution in [0.1, 0.15) is 12.5 Å². The third-order valence-electron chi connectivity index (χ3n) is 4.73. The highest BCUT2D eigenvalue weighted by Gasteiger charge is 2.22. The second-order valence-corrected chi connectivity index (χ2v) is 6.72. The number of imide groups is 1. The summed E-state index contributed by atoms with van der Waals surface area (Å²) in [7, 11) is 3.05. The minimum Gasteiger partial charge on any atom is -0.453 e. The average Bonchev–Trinajstić information content (AvgIpc) is 3.18. The van der Waals surface area contributed by atoms with Crippen LogP contribution in [0.25, 0.3) is 16.9 Å². The Morgan fingerprint density at radius 2 is 1.72 bits per heavy atom. The van der Waals surface area contributed by atoms with E-state index in [0.717, 1.165) is 22.5 Å². The number of methoxy groups -OCH3 is 1. The molecule has 0 aliphatic rings. The third kappa shape index (κ3) is 4.89. The van der Waals surface area contributed by atoms with E-state index in [1.165, 1.54) is 7.11 Å². The Kier molecular flexibility index (Phi) is 6.41. The maximum absolute atomic E-state index is 12.3. The summed E-state index contributed by atoms with van der Waals surface area (Å²) in [4.78, 5) is 25.4. The minimum absolute atomic E-state index is 0.420. The van der Waals surface area contributed by atoms with Crippen molar-refractivity contribution >= 4 is 12.0 Å². The number of aromatic nitrogens is 2. The number of hydrogen-bond donors (Lipinski definition) is 1. The van der Waals surface area contributed by atoms with Crippen LogP contribution in [0, 0.1) is 0 Å². The van der Waals surface area contributed by atoms with E-state index in [9.17, 15) is 9.59 Å². The summed E-state index contributed by atoms with van der Waals surface area (Å²) in [6.45, 7) is 2.22. The van der Waals surface area contributed by atoms with Crippen molar-refractivity contribution in [2.75, 3.05) is 14.2 Å². The van der Waals surface area contributed by atoms with Crippen molar-refractivity contribution in [3.05, 3.63) is 72.4 Å². The van der Waals surface area contributed by atoms with Crippen LogP contribution in [-0.4, -0.2) is 46.9 Å². The highest BCUT2D eigenvalue weighted by Crippen LogP contribution is 2.25. The van der Waals surface area contributed by atoms with Crippen LogP contribution < -0.4 is 5.32 Å². The summed E-state index contributed by atoms with van der Waals surface area (Å²) in [5.74, 6) is -0.420. The topological polar surface area (TPSA) is 76.5 Å². The van der Waals surface area contributed by atoms with Gasteiger partial charge < -0.3 is 4.74 Å². The van der Waals surface area contributed by atoms with Crippen LogP contribution in [0.15, 0.2) is 66.9 Å². The zero-order valence-electron chi connectivity index (χ0n) is 16.7.